The number of primary amides is 1. The molecule has 4 saturated carbocycles. The Balaban J connectivity index is 0.728. The molecule has 4 fully saturated rings. The summed E-state index contributed by atoms with van der Waals surface area (Å²) in [5.41, 5.74) is 9.03. The van der Waals surface area contributed by atoms with Gasteiger partial charge in [-0.05, 0) is 147 Å². The first kappa shape index (κ1) is 71.3. The lowest BCUT2D eigenvalue weighted by molar-refractivity contribution is -0.248. The second-order valence-electron chi connectivity index (χ2n) is 27.4. The van der Waals surface area contributed by atoms with Crippen LogP contribution >= 0.6 is 11.3 Å². The Hall–Kier alpha value is -9.45. The highest BCUT2D eigenvalue weighted by Crippen LogP contribution is 2.72. The molecule has 5 aliphatic rings. The summed E-state index contributed by atoms with van der Waals surface area (Å²) >= 11 is 1.52. The number of fused-ring (bicyclic) bond motifs is 1. The van der Waals surface area contributed by atoms with Crippen molar-refractivity contribution < 1.29 is 62.8 Å². The van der Waals surface area contributed by atoms with Gasteiger partial charge in [-0.3, -0.25) is 33.6 Å². The van der Waals surface area contributed by atoms with Gasteiger partial charge in [0, 0.05) is 80.9 Å². The zero-order valence-electron chi connectivity index (χ0n) is 56.4. The van der Waals surface area contributed by atoms with Gasteiger partial charge in [-0.1, -0.05) is 63.3 Å². The zero-order valence-corrected chi connectivity index (χ0v) is 57.2. The first-order valence-corrected chi connectivity index (χ1v) is 33.8. The van der Waals surface area contributed by atoms with E-state index in [-0.39, 0.29) is 100 Å². The lowest BCUT2D eigenvalue weighted by Gasteiger charge is -2.69. The van der Waals surface area contributed by atoms with Gasteiger partial charge >= 0.3 is 18.1 Å². The number of hydrogen-bond donors (Lipinski definition) is 8. The van der Waals surface area contributed by atoms with Crippen LogP contribution in [0.2, 0.25) is 0 Å². The van der Waals surface area contributed by atoms with E-state index in [9.17, 15) is 48.6 Å². The van der Waals surface area contributed by atoms with Gasteiger partial charge in [0.1, 0.15) is 24.5 Å². The van der Waals surface area contributed by atoms with Crippen LogP contribution in [0.25, 0.3) is 21.3 Å². The average molecular weight is 1370 g/mol. The van der Waals surface area contributed by atoms with E-state index >= 15 is 0 Å². The van der Waals surface area contributed by atoms with Crippen molar-refractivity contribution in [3.8, 4) is 11.1 Å². The van der Waals surface area contributed by atoms with Crippen LogP contribution in [-0.4, -0.2) is 175 Å². The summed E-state index contributed by atoms with van der Waals surface area (Å²) < 4.78 is 21.4. The lowest BCUT2D eigenvalue weighted by Crippen LogP contribution is -2.64. The van der Waals surface area contributed by atoms with Gasteiger partial charge in [0.2, 0.25) is 17.7 Å². The molecule has 5 heterocycles. The number of aryl methyl sites for hydroxylation is 1. The number of amides is 8. The van der Waals surface area contributed by atoms with E-state index in [1.807, 2.05) is 48.9 Å². The number of imide groups is 1. The van der Waals surface area contributed by atoms with Gasteiger partial charge in [0.25, 0.3) is 11.8 Å². The van der Waals surface area contributed by atoms with Crippen LogP contribution in [0.3, 0.4) is 0 Å². The number of anilines is 5. The summed E-state index contributed by atoms with van der Waals surface area (Å²) in [5.74, 6) is -2.74. The van der Waals surface area contributed by atoms with Crippen LogP contribution in [-0.2, 0) is 51.3 Å². The van der Waals surface area contributed by atoms with Crippen LogP contribution in [0.1, 0.15) is 119 Å². The van der Waals surface area contributed by atoms with Crippen molar-refractivity contribution in [3.63, 3.8) is 0 Å². The van der Waals surface area contributed by atoms with Crippen LogP contribution in [0.4, 0.5) is 37.9 Å². The van der Waals surface area contributed by atoms with Gasteiger partial charge in [-0.2, -0.15) is 5.10 Å². The molecule has 9 N–H and O–H groups in total. The number of carbonyl (C=O) groups excluding carboxylic acids is 7. The van der Waals surface area contributed by atoms with Crippen LogP contribution in [0, 0.1) is 36.0 Å². The second-order valence-corrected chi connectivity index (χ2v) is 28.4. The predicted molar refractivity (Wildman–Crippen MR) is 365 cm³/mol. The number of para-hydroxylation sites is 1. The Morgan fingerprint density at radius 3 is 2.23 bits per heavy atom. The Morgan fingerprint density at radius 2 is 1.55 bits per heavy atom. The maximum absolute atomic E-state index is 13.9. The minimum atomic E-state index is -1.18. The van der Waals surface area contributed by atoms with Crippen molar-refractivity contribution in [2.45, 2.75) is 137 Å². The monoisotopic (exact) mass is 1370 g/mol. The van der Waals surface area contributed by atoms with Crippen molar-refractivity contribution in [1.29, 1.82) is 0 Å². The van der Waals surface area contributed by atoms with Gasteiger partial charge in [0.05, 0.1) is 48.4 Å². The minimum absolute atomic E-state index is 0.0186. The molecule has 11 rings (SSSR count). The first-order valence-electron chi connectivity index (χ1n) is 33.0. The van der Waals surface area contributed by atoms with E-state index in [4.69, 9.17) is 25.0 Å². The Labute approximate surface area is 571 Å². The van der Waals surface area contributed by atoms with Crippen molar-refractivity contribution in [1.82, 2.24) is 55.7 Å². The van der Waals surface area contributed by atoms with Crippen molar-refractivity contribution >= 4 is 97.5 Å². The van der Waals surface area contributed by atoms with Crippen LogP contribution < -0.4 is 37.2 Å². The molecular formula is C69H87N15O13S. The molecule has 8 amide bonds. The maximum Gasteiger partial charge on any atom is 0.410 e. The number of nitrogens with two attached hydrogens (primary N) is 1. The molecule has 0 saturated heterocycles. The number of hydrogen-bond acceptors (Lipinski definition) is 20. The van der Waals surface area contributed by atoms with E-state index in [0.29, 0.717) is 57.9 Å². The summed E-state index contributed by atoms with van der Waals surface area (Å²) in [4.78, 5) is 116. The standard InChI is InChI=1S/C69H87N15O13S/c1-42(2)57(77-54(86)23-29-95-30-27-83-55(87)21-22-56(83)88)61(90)74-50(13-10-24-71-63(70)93)60(89)73-46-17-15-45(16-18-46)34-96-65(94)82(25-11-28-85)26-31-97-69-38-66(5)35-67(6,39-69)37-68(36-66,40-69)41-84-44(4)48(33-72-84)47-19-20-52(76-58(47)62(91)92)81(7)53-32-43(3)59(80-79-53)78-64-75-49-12-8-9-14-51(49)98-64/h8-9,12,14-22,32-33,42,50,57,85H,10-11,13,23-31,34-41H2,1-7H3,(H,73,89)(H,74,90)(H,77,86)(H,91,92)(H3,70,71,93)(H,75,78,80)/t50-,57-,66?,67?,68?,69?/m0/s1. The van der Waals surface area contributed by atoms with Crippen LogP contribution in [0.15, 0.2) is 85.1 Å². The zero-order chi connectivity index (χ0) is 70.1. The van der Waals surface area contributed by atoms with E-state index in [2.05, 4.69) is 60.6 Å². The van der Waals surface area contributed by atoms with Crippen LogP contribution in [0.5, 0.6) is 0 Å². The highest BCUT2D eigenvalue weighted by atomic mass is 32.1. The van der Waals surface area contributed by atoms with E-state index in [0.717, 1.165) is 64.9 Å². The fourth-order valence-electron chi connectivity index (χ4n) is 15.2. The van der Waals surface area contributed by atoms with E-state index in [1.54, 1.807) is 73.3 Å². The highest BCUT2D eigenvalue weighted by Gasteiger charge is 2.66. The number of nitrogens with one attached hydrogen (secondary N) is 5. The molecular weight excluding hydrogens is 1280 g/mol. The first-order chi connectivity index (χ1) is 46.7. The highest BCUT2D eigenvalue weighted by molar-refractivity contribution is 7.22. The summed E-state index contributed by atoms with van der Waals surface area (Å²) in [6, 6.07) is 17.0. The number of pyridine rings is 1. The molecule has 0 spiro atoms. The molecule has 4 aromatic heterocycles. The summed E-state index contributed by atoms with van der Waals surface area (Å²) in [6.07, 6.45) is 9.53. The number of carboxylic acid groups (broad SMARTS) is 1. The van der Waals surface area contributed by atoms with Crippen molar-refractivity contribution in [3.05, 3.63) is 108 Å². The Morgan fingerprint density at radius 1 is 0.816 bits per heavy atom. The predicted octanol–water partition coefficient (Wildman–Crippen LogP) is 7.67. The number of aromatic carboxylic acids is 1. The molecule has 6 aromatic rings. The number of urea groups is 1. The number of ether oxygens (including phenoxy) is 3. The third kappa shape index (κ3) is 17.3. The number of aliphatic hydroxyl groups is 1. The third-order valence-corrected chi connectivity index (χ3v) is 19.6. The number of carbonyl (C=O) groups is 8. The number of thiazole rings is 1. The average Bonchev–Trinajstić information content (AvgIpc) is 0.734. The van der Waals surface area contributed by atoms with Gasteiger partial charge < -0.3 is 66.5 Å². The fraction of sp³-hybridized carbons (Fsp3) is 0.493. The number of rotatable bonds is 33. The SMILES string of the molecule is Cc1cc(N(C)c2ccc(-c3cnn(CC45CC6(C)CC(C)(C4)CC(OCCN(CCCO)C(=O)OCc4ccc(NC(=O)[C@H](CCCNC(N)=O)NC(=O)[C@@H](NC(=O)CCOCCN7C(=O)C=CC7=O)C(C)C)cc4)(C6)C5)c3C)c(C(=O)O)n2)nnc1Nc1nc2ccccc2s1. The lowest BCUT2D eigenvalue weighted by atomic mass is 9.39. The van der Waals surface area contributed by atoms with Gasteiger partial charge in [-0.15, -0.1) is 10.2 Å². The summed E-state index contributed by atoms with van der Waals surface area (Å²) in [6.45, 7) is 13.2. The number of carboxylic acids is 1. The fourth-order valence-corrected chi connectivity index (χ4v) is 16.1. The molecule has 522 valence electrons. The molecule has 1 aliphatic heterocycles. The molecule has 4 atom stereocenters. The van der Waals surface area contributed by atoms with Crippen molar-refractivity contribution in [2.75, 3.05) is 75.2 Å². The molecule has 4 bridgehead atoms. The number of benzene rings is 2. The smallest absolute Gasteiger partial charge is 0.410 e. The third-order valence-electron chi connectivity index (χ3n) is 18.7. The second kappa shape index (κ2) is 30.5. The molecule has 28 nitrogen and oxygen atoms in total. The largest absolute Gasteiger partial charge is 0.476 e. The molecule has 98 heavy (non-hydrogen) atoms. The normalized spacial score (nSPS) is 20.5. The quantitative estimate of drug-likeness (QED) is 0.0145. The van der Waals surface area contributed by atoms with E-state index in [1.165, 1.54) is 23.5 Å². The van der Waals surface area contributed by atoms with Crippen molar-refractivity contribution in [2.24, 2.45) is 27.9 Å². The number of aromatic nitrogens is 6. The number of nitrogens with zero attached hydrogens (tertiary/aromatic N) is 9. The molecule has 2 unspecified atom stereocenters. The summed E-state index contributed by atoms with van der Waals surface area (Å²) in [5, 5.41) is 49.1. The van der Waals surface area contributed by atoms with E-state index < -0.39 is 71.2 Å². The van der Waals surface area contributed by atoms with Gasteiger partial charge in [0.15, 0.2) is 22.5 Å². The maximum atomic E-state index is 13.9. The minimum Gasteiger partial charge on any atom is -0.476 e. The molecule has 2 aromatic carbocycles. The Bertz CT molecular complexity index is 3920. The molecule has 29 heteroatoms. The Kier molecular flexibility index (Phi) is 22.2. The topological polar surface area (TPSA) is 370 Å². The van der Waals surface area contributed by atoms with Gasteiger partial charge in [-0.25, -0.2) is 24.4 Å². The number of aliphatic hydroxyl groups excluding tert-OH is 1. The molecule has 0 radical (unpaired) electrons. The summed E-state index contributed by atoms with van der Waals surface area (Å²) in [7, 11) is 1.77. The molecule has 4 aliphatic carbocycles.